The van der Waals surface area contributed by atoms with Crippen LogP contribution < -0.4 is 0 Å². The van der Waals surface area contributed by atoms with Crippen LogP contribution >= 0.6 is 0 Å². The Balaban J connectivity index is 1.61. The molecule has 4 nitrogen and oxygen atoms in total. The van der Waals surface area contributed by atoms with Crippen molar-refractivity contribution in [3.8, 4) is 0 Å². The molecule has 12 atom stereocenters. The minimum Gasteiger partial charge on any atom is -0.463 e. The molecule has 4 rings (SSSR count). The van der Waals surface area contributed by atoms with Gasteiger partial charge in [-0.05, 0) is 111 Å². The Kier molecular flexibility index (Phi) is 6.80. The van der Waals surface area contributed by atoms with Gasteiger partial charge in [-0.25, -0.2) is 0 Å². The van der Waals surface area contributed by atoms with E-state index in [4.69, 9.17) is 4.74 Å². The molecular weight excluding hydrogens is 400 g/mol. The number of carbonyl (C=O) groups excluding carboxylic acids is 1. The average Bonchev–Trinajstić information content (AvgIpc) is 3.05. The molecule has 0 bridgehead atoms. The van der Waals surface area contributed by atoms with Crippen LogP contribution in [0.2, 0.25) is 0 Å². The Morgan fingerprint density at radius 3 is 2.31 bits per heavy atom. The van der Waals surface area contributed by atoms with E-state index in [1.807, 2.05) is 6.92 Å². The van der Waals surface area contributed by atoms with Crippen molar-refractivity contribution in [2.75, 3.05) is 0 Å². The average molecular weight is 449 g/mol. The maximum atomic E-state index is 11.9. The van der Waals surface area contributed by atoms with Crippen LogP contribution in [0.4, 0.5) is 0 Å². The summed E-state index contributed by atoms with van der Waals surface area (Å²) in [6, 6.07) is 0. The van der Waals surface area contributed by atoms with Gasteiger partial charge in [0.25, 0.3) is 0 Å². The zero-order valence-corrected chi connectivity index (χ0v) is 21.3. The van der Waals surface area contributed by atoms with Gasteiger partial charge in [-0.1, -0.05) is 34.1 Å². The van der Waals surface area contributed by atoms with Crippen LogP contribution in [-0.4, -0.2) is 34.5 Å². The number of esters is 1. The summed E-state index contributed by atoms with van der Waals surface area (Å²) in [7, 11) is 0. The van der Waals surface area contributed by atoms with Gasteiger partial charge in [0.2, 0.25) is 0 Å². The molecule has 2 N–H and O–H groups in total. The molecule has 0 heterocycles. The quantitative estimate of drug-likeness (QED) is 0.538. The molecule has 0 aromatic rings. The van der Waals surface area contributed by atoms with Gasteiger partial charge in [-0.3, -0.25) is 4.79 Å². The second-order valence-electron chi connectivity index (χ2n) is 12.8. The van der Waals surface area contributed by atoms with Gasteiger partial charge in [0.1, 0.15) is 6.10 Å². The lowest BCUT2D eigenvalue weighted by molar-refractivity contribution is -0.207. The van der Waals surface area contributed by atoms with Crippen LogP contribution in [0.1, 0.15) is 99.3 Å². The van der Waals surface area contributed by atoms with Crippen molar-refractivity contribution in [1.82, 2.24) is 0 Å². The van der Waals surface area contributed by atoms with Gasteiger partial charge in [0, 0.05) is 6.92 Å². The van der Waals surface area contributed by atoms with Crippen molar-refractivity contribution in [1.29, 1.82) is 0 Å². The normalized spacial score (nSPS) is 50.0. The maximum Gasteiger partial charge on any atom is 0.302 e. The molecule has 0 amide bonds. The summed E-state index contributed by atoms with van der Waals surface area (Å²) in [4.78, 5) is 11.6. The summed E-state index contributed by atoms with van der Waals surface area (Å²) < 4.78 is 5.67. The molecule has 4 saturated carbocycles. The van der Waals surface area contributed by atoms with E-state index >= 15 is 0 Å². The predicted molar refractivity (Wildman–Crippen MR) is 127 cm³/mol. The highest BCUT2D eigenvalue weighted by molar-refractivity contribution is 5.66. The number of rotatable bonds is 5. The minimum atomic E-state index is -0.241. The van der Waals surface area contributed by atoms with Crippen molar-refractivity contribution in [2.24, 2.45) is 52.3 Å². The van der Waals surface area contributed by atoms with Crippen molar-refractivity contribution in [2.45, 2.75) is 118 Å². The van der Waals surface area contributed by atoms with E-state index in [2.05, 4.69) is 27.7 Å². The van der Waals surface area contributed by atoms with Crippen LogP contribution in [0.3, 0.4) is 0 Å². The summed E-state index contributed by atoms with van der Waals surface area (Å²) in [6.07, 6.45) is 9.40. The van der Waals surface area contributed by atoms with E-state index < -0.39 is 0 Å². The third-order valence-corrected chi connectivity index (χ3v) is 11.2. The van der Waals surface area contributed by atoms with Crippen molar-refractivity contribution in [3.05, 3.63) is 0 Å². The SMILES string of the molecule is CCC1C(O)C2C3CCC(C(C)CC(C)O)C3(C)CCC2C2(C)CCC(OC(C)=O)CC12. The van der Waals surface area contributed by atoms with Crippen molar-refractivity contribution < 1.29 is 19.7 Å². The molecule has 4 fully saturated rings. The summed E-state index contributed by atoms with van der Waals surface area (Å²) in [5.74, 6) is 3.33. The van der Waals surface area contributed by atoms with Gasteiger partial charge in [0.05, 0.1) is 12.2 Å². The number of aliphatic hydroxyl groups excluding tert-OH is 2. The van der Waals surface area contributed by atoms with Gasteiger partial charge in [-0.2, -0.15) is 0 Å². The molecule has 0 aliphatic heterocycles. The molecule has 4 aliphatic carbocycles. The summed E-state index contributed by atoms with van der Waals surface area (Å²) in [6.45, 7) is 13.1. The fraction of sp³-hybridized carbons (Fsp3) is 0.964. The topological polar surface area (TPSA) is 66.8 Å². The molecular formula is C28H48O4. The van der Waals surface area contributed by atoms with E-state index in [1.165, 1.54) is 32.6 Å². The molecule has 0 aromatic carbocycles. The maximum absolute atomic E-state index is 11.9. The van der Waals surface area contributed by atoms with Gasteiger partial charge < -0.3 is 14.9 Å². The Labute approximate surface area is 195 Å². The predicted octanol–water partition coefficient (Wildman–Crippen LogP) is 5.59. The molecule has 12 unspecified atom stereocenters. The Bertz CT molecular complexity index is 691. The third kappa shape index (κ3) is 3.85. The Hall–Kier alpha value is -0.610. The molecule has 0 spiro atoms. The fourth-order valence-corrected chi connectivity index (χ4v) is 9.96. The number of aliphatic hydroxyl groups is 2. The molecule has 0 aromatic heterocycles. The Morgan fingerprint density at radius 2 is 1.69 bits per heavy atom. The second-order valence-corrected chi connectivity index (χ2v) is 12.8. The second kappa shape index (κ2) is 8.87. The lowest BCUT2D eigenvalue weighted by Gasteiger charge is -2.64. The lowest BCUT2D eigenvalue weighted by atomic mass is 9.41. The van der Waals surface area contributed by atoms with Crippen LogP contribution in [0.5, 0.6) is 0 Å². The lowest BCUT2D eigenvalue weighted by Crippen LogP contribution is -2.62. The van der Waals surface area contributed by atoms with Crippen LogP contribution in [0, 0.1) is 52.3 Å². The molecule has 32 heavy (non-hydrogen) atoms. The number of fused-ring (bicyclic) bond motifs is 5. The first-order valence-corrected chi connectivity index (χ1v) is 13.6. The number of hydrogen-bond acceptors (Lipinski definition) is 4. The number of hydrogen-bond donors (Lipinski definition) is 2. The molecule has 0 saturated heterocycles. The molecule has 4 heteroatoms. The monoisotopic (exact) mass is 448 g/mol. The molecule has 0 radical (unpaired) electrons. The van der Waals surface area contributed by atoms with E-state index in [-0.39, 0.29) is 35.1 Å². The number of carbonyl (C=O) groups is 1. The molecule has 184 valence electrons. The summed E-state index contributed by atoms with van der Waals surface area (Å²) in [5, 5.41) is 21.9. The first-order valence-electron chi connectivity index (χ1n) is 13.6. The van der Waals surface area contributed by atoms with Crippen molar-refractivity contribution >= 4 is 5.97 Å². The van der Waals surface area contributed by atoms with E-state index in [1.54, 1.807) is 0 Å². The van der Waals surface area contributed by atoms with Gasteiger partial charge >= 0.3 is 5.97 Å². The summed E-state index contributed by atoms with van der Waals surface area (Å²) in [5.41, 5.74) is 0.527. The minimum absolute atomic E-state index is 0.0226. The summed E-state index contributed by atoms with van der Waals surface area (Å²) >= 11 is 0. The van der Waals surface area contributed by atoms with E-state index in [0.717, 1.165) is 32.1 Å². The third-order valence-electron chi connectivity index (χ3n) is 11.2. The van der Waals surface area contributed by atoms with E-state index in [9.17, 15) is 15.0 Å². The standard InChI is InChI=1S/C28H48O4/c1-7-20-24-15-19(32-18(4)30)10-12-28(24,6)23-11-13-27(5)21(16(2)14-17(3)29)8-9-22(27)25(23)26(20)31/h16-17,19-26,29,31H,7-15H2,1-6H3. The highest BCUT2D eigenvalue weighted by atomic mass is 16.5. The van der Waals surface area contributed by atoms with E-state index in [0.29, 0.717) is 41.4 Å². The smallest absolute Gasteiger partial charge is 0.302 e. The zero-order chi connectivity index (χ0) is 23.4. The molecule has 4 aliphatic rings. The zero-order valence-electron chi connectivity index (χ0n) is 21.3. The van der Waals surface area contributed by atoms with Gasteiger partial charge in [0.15, 0.2) is 0 Å². The highest BCUT2D eigenvalue weighted by Gasteiger charge is 2.65. The largest absolute Gasteiger partial charge is 0.463 e. The van der Waals surface area contributed by atoms with Crippen LogP contribution in [0.25, 0.3) is 0 Å². The first kappa shape index (κ1) is 24.5. The van der Waals surface area contributed by atoms with Crippen LogP contribution in [-0.2, 0) is 9.53 Å². The van der Waals surface area contributed by atoms with Gasteiger partial charge in [-0.15, -0.1) is 0 Å². The van der Waals surface area contributed by atoms with Crippen LogP contribution in [0.15, 0.2) is 0 Å². The Morgan fingerprint density at radius 1 is 1.03 bits per heavy atom. The highest BCUT2D eigenvalue weighted by Crippen LogP contribution is 2.69. The van der Waals surface area contributed by atoms with Crippen molar-refractivity contribution in [3.63, 3.8) is 0 Å². The number of ether oxygens (including phenoxy) is 1. The first-order chi connectivity index (χ1) is 15.0. The fourth-order valence-electron chi connectivity index (χ4n) is 9.96.